The van der Waals surface area contributed by atoms with Crippen LogP contribution in [0.15, 0.2) is 18.3 Å². The molecule has 1 fully saturated rings. The van der Waals surface area contributed by atoms with Gasteiger partial charge in [0.1, 0.15) is 0 Å². The first-order chi connectivity index (χ1) is 9.63. The number of anilines is 1. The maximum atomic E-state index is 11.1. The molecule has 0 aliphatic heterocycles. The van der Waals surface area contributed by atoms with Gasteiger partial charge >= 0.3 is 5.97 Å². The third kappa shape index (κ3) is 3.85. The van der Waals surface area contributed by atoms with E-state index in [1.54, 1.807) is 13.3 Å². The Morgan fingerprint density at radius 3 is 2.85 bits per heavy atom. The Morgan fingerprint density at radius 1 is 1.45 bits per heavy atom. The second-order valence-electron chi connectivity index (χ2n) is 5.57. The van der Waals surface area contributed by atoms with Crippen molar-refractivity contribution in [2.45, 2.75) is 38.5 Å². The zero-order valence-corrected chi connectivity index (χ0v) is 11.9. The summed E-state index contributed by atoms with van der Waals surface area (Å²) in [5, 5.41) is 12.5. The van der Waals surface area contributed by atoms with Crippen LogP contribution in [0.1, 0.15) is 38.5 Å². The fourth-order valence-electron chi connectivity index (χ4n) is 2.96. The van der Waals surface area contributed by atoms with Crippen molar-refractivity contribution in [2.75, 3.05) is 19.0 Å². The fraction of sp³-hybridized carbons (Fsp3) is 0.600. The largest absolute Gasteiger partial charge is 0.481 e. The van der Waals surface area contributed by atoms with Gasteiger partial charge in [-0.1, -0.05) is 19.3 Å². The number of hydrogen-bond acceptors (Lipinski definition) is 4. The molecule has 0 atom stereocenters. The third-order valence-electron chi connectivity index (χ3n) is 4.05. The van der Waals surface area contributed by atoms with Gasteiger partial charge in [-0.3, -0.25) is 4.79 Å². The lowest BCUT2D eigenvalue weighted by molar-refractivity contribution is -0.140. The van der Waals surface area contributed by atoms with Crippen LogP contribution in [-0.2, 0) is 4.79 Å². The molecule has 1 aromatic heterocycles. The summed E-state index contributed by atoms with van der Waals surface area (Å²) >= 11 is 0. The monoisotopic (exact) mass is 278 g/mol. The van der Waals surface area contributed by atoms with E-state index in [-0.39, 0.29) is 11.8 Å². The van der Waals surface area contributed by atoms with Crippen molar-refractivity contribution in [1.29, 1.82) is 0 Å². The average molecular weight is 278 g/mol. The van der Waals surface area contributed by atoms with Crippen LogP contribution >= 0.6 is 0 Å². The summed E-state index contributed by atoms with van der Waals surface area (Å²) in [6, 6.07) is 3.71. The molecule has 110 valence electrons. The molecule has 5 heteroatoms. The smallest absolute Gasteiger partial charge is 0.303 e. The van der Waals surface area contributed by atoms with Gasteiger partial charge in [0.25, 0.3) is 0 Å². The normalized spacial score (nSPS) is 17.4. The molecular weight excluding hydrogens is 256 g/mol. The molecule has 1 heterocycles. The molecule has 5 nitrogen and oxygen atoms in total. The van der Waals surface area contributed by atoms with E-state index < -0.39 is 5.97 Å². The van der Waals surface area contributed by atoms with Gasteiger partial charge in [-0.15, -0.1) is 0 Å². The van der Waals surface area contributed by atoms with Gasteiger partial charge in [-0.25, -0.2) is 4.98 Å². The molecule has 1 aliphatic carbocycles. The molecule has 20 heavy (non-hydrogen) atoms. The van der Waals surface area contributed by atoms with Crippen molar-refractivity contribution in [1.82, 2.24) is 4.98 Å². The topological polar surface area (TPSA) is 71.5 Å². The highest BCUT2D eigenvalue weighted by molar-refractivity contribution is 5.68. The van der Waals surface area contributed by atoms with Crippen LogP contribution in [0.5, 0.6) is 5.88 Å². The molecule has 2 N–H and O–H groups in total. The van der Waals surface area contributed by atoms with Crippen LogP contribution in [-0.4, -0.2) is 29.7 Å². The Labute approximate surface area is 119 Å². The number of rotatable bonds is 6. The van der Waals surface area contributed by atoms with Crippen molar-refractivity contribution >= 4 is 11.7 Å². The summed E-state index contributed by atoms with van der Waals surface area (Å²) in [5.41, 5.74) is 0.799. The van der Waals surface area contributed by atoms with E-state index in [1.165, 1.54) is 6.42 Å². The molecule has 0 spiro atoms. The van der Waals surface area contributed by atoms with Gasteiger partial charge in [0.2, 0.25) is 5.88 Å². The molecule has 2 rings (SSSR count). The van der Waals surface area contributed by atoms with E-state index in [2.05, 4.69) is 10.3 Å². The molecule has 0 bridgehead atoms. The summed E-state index contributed by atoms with van der Waals surface area (Å²) in [7, 11) is 1.58. The lowest BCUT2D eigenvalue weighted by Crippen LogP contribution is -2.34. The zero-order valence-electron chi connectivity index (χ0n) is 11.9. The molecule has 0 radical (unpaired) electrons. The van der Waals surface area contributed by atoms with E-state index >= 15 is 0 Å². The zero-order chi connectivity index (χ0) is 14.4. The number of ether oxygens (including phenoxy) is 1. The first kappa shape index (κ1) is 14.6. The average Bonchev–Trinajstić information content (AvgIpc) is 2.46. The number of aromatic nitrogens is 1. The van der Waals surface area contributed by atoms with E-state index in [9.17, 15) is 4.79 Å². The number of nitrogens with zero attached hydrogens (tertiary/aromatic N) is 1. The van der Waals surface area contributed by atoms with E-state index in [0.29, 0.717) is 12.4 Å². The van der Waals surface area contributed by atoms with Gasteiger partial charge in [-0.2, -0.15) is 0 Å². The Bertz CT molecular complexity index is 456. The van der Waals surface area contributed by atoms with Crippen LogP contribution in [0.4, 0.5) is 5.69 Å². The lowest BCUT2D eigenvalue weighted by atomic mass is 9.71. The minimum atomic E-state index is -0.707. The summed E-state index contributed by atoms with van der Waals surface area (Å²) in [4.78, 5) is 15.2. The quantitative estimate of drug-likeness (QED) is 0.837. The van der Waals surface area contributed by atoms with Gasteiger partial charge in [0.05, 0.1) is 13.5 Å². The van der Waals surface area contributed by atoms with Gasteiger partial charge in [0.15, 0.2) is 0 Å². The molecule has 0 amide bonds. The Hall–Kier alpha value is -1.78. The third-order valence-corrected chi connectivity index (χ3v) is 4.05. The summed E-state index contributed by atoms with van der Waals surface area (Å²) in [6.07, 6.45) is 7.34. The number of nitrogens with one attached hydrogen (secondary N) is 1. The van der Waals surface area contributed by atoms with Crippen LogP contribution in [0.3, 0.4) is 0 Å². The van der Waals surface area contributed by atoms with Gasteiger partial charge in [0, 0.05) is 24.5 Å². The maximum Gasteiger partial charge on any atom is 0.303 e. The first-order valence-corrected chi connectivity index (χ1v) is 7.09. The van der Waals surface area contributed by atoms with Crippen molar-refractivity contribution in [3.05, 3.63) is 18.3 Å². The van der Waals surface area contributed by atoms with Crippen molar-refractivity contribution in [3.8, 4) is 5.88 Å². The van der Waals surface area contributed by atoms with E-state index in [4.69, 9.17) is 9.84 Å². The minimum absolute atomic E-state index is 0.124. The molecule has 0 saturated heterocycles. The van der Waals surface area contributed by atoms with Crippen LogP contribution in [0.2, 0.25) is 0 Å². The highest BCUT2D eigenvalue weighted by Crippen LogP contribution is 2.39. The van der Waals surface area contributed by atoms with Crippen molar-refractivity contribution in [3.63, 3.8) is 0 Å². The number of methoxy groups -OCH3 is 1. The fourth-order valence-corrected chi connectivity index (χ4v) is 2.96. The Morgan fingerprint density at radius 2 is 2.20 bits per heavy atom. The van der Waals surface area contributed by atoms with E-state index in [1.807, 2.05) is 12.1 Å². The SMILES string of the molecule is COc1cc(NCC2(CC(=O)O)CCCCC2)ccn1. The van der Waals surface area contributed by atoms with Crippen molar-refractivity contribution < 1.29 is 14.6 Å². The summed E-state index contributed by atoms with van der Waals surface area (Å²) in [5.74, 6) is -0.146. The molecule has 1 saturated carbocycles. The second kappa shape index (κ2) is 6.59. The van der Waals surface area contributed by atoms with E-state index in [0.717, 1.165) is 31.4 Å². The predicted octanol–water partition coefficient (Wildman–Crippen LogP) is 2.93. The molecular formula is C15H22N2O3. The highest BCUT2D eigenvalue weighted by Gasteiger charge is 2.34. The standard InChI is InChI=1S/C15H22N2O3/c1-20-13-9-12(5-8-16-13)17-11-15(10-14(18)19)6-3-2-4-7-15/h5,8-9H,2-4,6-7,10-11H2,1H3,(H,16,17)(H,18,19). The Balaban J connectivity index is 2.02. The molecule has 1 aliphatic rings. The van der Waals surface area contributed by atoms with Crippen LogP contribution in [0.25, 0.3) is 0 Å². The van der Waals surface area contributed by atoms with Gasteiger partial charge in [-0.05, 0) is 24.3 Å². The van der Waals surface area contributed by atoms with Crippen molar-refractivity contribution in [2.24, 2.45) is 5.41 Å². The first-order valence-electron chi connectivity index (χ1n) is 7.09. The number of carboxylic acids is 1. The predicted molar refractivity (Wildman–Crippen MR) is 77.0 cm³/mol. The number of aliphatic carboxylic acids is 1. The number of carboxylic acid groups (broad SMARTS) is 1. The number of pyridine rings is 1. The van der Waals surface area contributed by atoms with Crippen LogP contribution < -0.4 is 10.1 Å². The number of hydrogen-bond donors (Lipinski definition) is 2. The van der Waals surface area contributed by atoms with Crippen LogP contribution in [0, 0.1) is 5.41 Å². The molecule has 0 aromatic carbocycles. The molecule has 0 unspecified atom stereocenters. The Kier molecular flexibility index (Phi) is 4.82. The van der Waals surface area contributed by atoms with Gasteiger partial charge < -0.3 is 15.2 Å². The highest BCUT2D eigenvalue weighted by atomic mass is 16.5. The summed E-state index contributed by atoms with van der Waals surface area (Å²) < 4.78 is 5.09. The molecule has 1 aromatic rings. The number of carbonyl (C=O) groups is 1. The lowest BCUT2D eigenvalue weighted by Gasteiger charge is -2.36. The maximum absolute atomic E-state index is 11.1. The minimum Gasteiger partial charge on any atom is -0.481 e. The second-order valence-corrected chi connectivity index (χ2v) is 5.57. The summed E-state index contributed by atoms with van der Waals surface area (Å²) in [6.45, 7) is 0.687.